The van der Waals surface area contributed by atoms with E-state index in [4.69, 9.17) is 27.7 Å². The number of nitrogens with zero attached hydrogens (tertiary/aromatic N) is 4. The highest BCUT2D eigenvalue weighted by molar-refractivity contribution is 6.74. The highest BCUT2D eigenvalue weighted by Crippen LogP contribution is 2.53. The highest BCUT2D eigenvalue weighted by atomic mass is 28.4. The van der Waals surface area contributed by atoms with Gasteiger partial charge >= 0.3 is 0 Å². The molecule has 2 aromatic carbocycles. The topological polar surface area (TPSA) is 190 Å². The van der Waals surface area contributed by atoms with E-state index in [1.807, 2.05) is 111 Å². The van der Waals surface area contributed by atoms with E-state index in [9.17, 15) is 24.9 Å². The van der Waals surface area contributed by atoms with Crippen LogP contribution in [0.5, 0.6) is 11.8 Å². The SMILES string of the molecule is C1CCOC1.CN(C)[C@@H]1c2onc(OCc3ccccc3)c2C(=O)[C@@]2(O)[C@H](O)C=CC[C@@H]12.CN(C)[C@@H]1c2onc(OCc3ccccc3)c2C(=O)[C@@]2(O)[C@H](O[Si](C)(C)C(C)(C)C)C=CC[C@@H]12. The molecule has 0 amide bonds. The summed E-state index contributed by atoms with van der Waals surface area (Å²) in [6.45, 7) is 13.1. The molecule has 1 aliphatic heterocycles. The molecule has 1 fully saturated rings. The number of hydrogen-bond donors (Lipinski definition) is 3. The molecule has 0 saturated carbocycles. The van der Waals surface area contributed by atoms with Crippen molar-refractivity contribution in [1.82, 2.24) is 20.1 Å². The van der Waals surface area contributed by atoms with E-state index in [1.54, 1.807) is 6.08 Å². The van der Waals surface area contributed by atoms with Gasteiger partial charge in [0.2, 0.25) is 11.6 Å². The monoisotopic (exact) mass is 926 g/mol. The number of aliphatic hydroxyl groups excluding tert-OH is 1. The van der Waals surface area contributed by atoms with Gasteiger partial charge < -0.3 is 43.0 Å². The fraction of sp³-hybridized carbons (Fsp3) is 0.520. The van der Waals surface area contributed by atoms with Crippen LogP contribution in [0.25, 0.3) is 0 Å². The lowest BCUT2D eigenvalue weighted by Gasteiger charge is -2.51. The van der Waals surface area contributed by atoms with Crippen LogP contribution in [0.4, 0.5) is 0 Å². The highest BCUT2D eigenvalue weighted by Gasteiger charge is 2.63. The molecule has 3 heterocycles. The average Bonchev–Trinajstić information content (AvgIpc) is 4.08. The molecule has 0 radical (unpaired) electrons. The second-order valence-corrected chi connectivity index (χ2v) is 24.5. The Kier molecular flexibility index (Phi) is 14.8. The summed E-state index contributed by atoms with van der Waals surface area (Å²) in [7, 11) is 5.21. The Balaban J connectivity index is 0.000000181. The van der Waals surface area contributed by atoms with Gasteiger partial charge in [-0.25, -0.2) is 0 Å². The molecule has 356 valence electrons. The Hall–Kier alpha value is -4.78. The number of fused-ring (bicyclic) bond motifs is 4. The maximum Gasteiger partial charge on any atom is 0.265 e. The molecule has 3 N–H and O–H groups in total. The maximum absolute atomic E-state index is 14.0. The predicted octanol–water partition coefficient (Wildman–Crippen LogP) is 7.27. The lowest BCUT2D eigenvalue weighted by Crippen LogP contribution is -2.64. The summed E-state index contributed by atoms with van der Waals surface area (Å²) in [4.78, 5) is 31.1. The normalized spacial score (nSPS) is 27.8. The molecule has 8 atom stereocenters. The maximum atomic E-state index is 14.0. The van der Waals surface area contributed by atoms with Gasteiger partial charge in [-0.15, -0.1) is 0 Å². The zero-order valence-electron chi connectivity index (χ0n) is 39.6. The van der Waals surface area contributed by atoms with Crippen LogP contribution in [0.3, 0.4) is 0 Å². The summed E-state index contributed by atoms with van der Waals surface area (Å²) < 4.78 is 34.5. The van der Waals surface area contributed by atoms with Gasteiger partial charge in [-0.05, 0) is 93.4 Å². The first-order chi connectivity index (χ1) is 31.3. The second kappa shape index (κ2) is 19.8. The Morgan fingerprint density at radius 3 is 1.58 bits per heavy atom. The van der Waals surface area contributed by atoms with Gasteiger partial charge in [-0.1, -0.05) is 106 Å². The van der Waals surface area contributed by atoms with E-state index in [0.29, 0.717) is 24.4 Å². The molecule has 0 spiro atoms. The van der Waals surface area contributed by atoms with Crippen LogP contribution in [0.2, 0.25) is 18.1 Å². The molecular formula is C50H66N4O11Si. The Bertz CT molecular complexity index is 2350. The molecule has 4 aliphatic carbocycles. The number of ether oxygens (including phenoxy) is 3. The molecule has 5 aliphatic rings. The van der Waals surface area contributed by atoms with E-state index in [-0.39, 0.29) is 47.2 Å². The lowest BCUT2D eigenvalue weighted by molar-refractivity contribution is -0.0974. The standard InChI is InChI=1S/C26H36N2O5Si.C20H22N2O5.C4H8O/c1-25(2,3)34(6,7)33-19-15-11-14-18-21(28(4)5)22-20(23(29)26(18,19)30)24(27-32-22)31-16-17-12-9-8-10-13-17;1-22(2)16-13-9-6-10-14(23)20(13,25)18(24)15-17(16)27-21-19(15)26-11-12-7-4-3-5-8-12;1-2-4-5-3-1/h8-13,15,18-19,21,30H,14,16H2,1-7H3;3-8,10,13-14,16,23,25H,9,11H2,1-2H3;1-4H2/t18-,19+,21-,26-;13-,14+,16-,20-;/m00./s1. The third-order valence-electron chi connectivity index (χ3n) is 13.9. The number of hydrogen-bond acceptors (Lipinski definition) is 15. The first-order valence-electron chi connectivity index (χ1n) is 22.8. The van der Waals surface area contributed by atoms with E-state index < -0.39 is 61.2 Å². The molecule has 0 bridgehead atoms. The van der Waals surface area contributed by atoms with Gasteiger partial charge in [-0.3, -0.25) is 19.4 Å². The van der Waals surface area contributed by atoms with Crippen molar-refractivity contribution in [2.45, 2.75) is 113 Å². The predicted molar refractivity (Wildman–Crippen MR) is 249 cm³/mol. The largest absolute Gasteiger partial charge is 0.470 e. The summed E-state index contributed by atoms with van der Waals surface area (Å²) in [5.74, 6) is -1.06. The van der Waals surface area contributed by atoms with Gasteiger partial charge in [0, 0.05) is 25.0 Å². The smallest absolute Gasteiger partial charge is 0.265 e. The second-order valence-electron chi connectivity index (χ2n) is 19.7. The van der Waals surface area contributed by atoms with Crippen LogP contribution in [0.15, 0.2) is 94.0 Å². The van der Waals surface area contributed by atoms with Crippen LogP contribution in [0.1, 0.15) is 102 Å². The van der Waals surface area contributed by atoms with Gasteiger partial charge in [0.1, 0.15) is 36.5 Å². The fourth-order valence-electron chi connectivity index (χ4n) is 9.26. The zero-order chi connectivity index (χ0) is 47.6. The number of carbonyl (C=O) groups is 2. The van der Waals surface area contributed by atoms with Gasteiger partial charge in [0.15, 0.2) is 31.0 Å². The van der Waals surface area contributed by atoms with Crippen molar-refractivity contribution in [3.8, 4) is 11.8 Å². The quantitative estimate of drug-likeness (QED) is 0.106. The van der Waals surface area contributed by atoms with Crippen molar-refractivity contribution < 1.29 is 52.6 Å². The van der Waals surface area contributed by atoms with Crippen LogP contribution in [0, 0.1) is 11.8 Å². The van der Waals surface area contributed by atoms with Crippen LogP contribution < -0.4 is 9.47 Å². The van der Waals surface area contributed by atoms with Crippen molar-refractivity contribution in [3.05, 3.63) is 119 Å². The third kappa shape index (κ3) is 9.39. The van der Waals surface area contributed by atoms with E-state index in [2.05, 4.69) is 44.2 Å². The minimum Gasteiger partial charge on any atom is -0.470 e. The van der Waals surface area contributed by atoms with Crippen molar-refractivity contribution >= 4 is 19.9 Å². The Morgan fingerprint density at radius 1 is 0.712 bits per heavy atom. The van der Waals surface area contributed by atoms with E-state index in [1.165, 1.54) is 18.9 Å². The number of allylic oxidation sites excluding steroid dienone is 2. The molecule has 1 saturated heterocycles. The van der Waals surface area contributed by atoms with Gasteiger partial charge in [-0.2, -0.15) is 0 Å². The van der Waals surface area contributed by atoms with Crippen LogP contribution in [-0.4, -0.2) is 120 Å². The number of Topliss-reactive ketones (excluding diaryl/α,β-unsaturated/α-hetero) is 2. The minimum absolute atomic E-state index is 0.0410. The molecular weight excluding hydrogens is 861 g/mol. The van der Waals surface area contributed by atoms with Gasteiger partial charge in [0.25, 0.3) is 11.8 Å². The summed E-state index contributed by atoms with van der Waals surface area (Å²) >= 11 is 0. The van der Waals surface area contributed by atoms with Crippen molar-refractivity contribution in [3.63, 3.8) is 0 Å². The molecule has 15 nitrogen and oxygen atoms in total. The molecule has 16 heteroatoms. The summed E-state index contributed by atoms with van der Waals surface area (Å²) in [5.41, 5.74) is -1.50. The number of aliphatic hydroxyl groups is 3. The van der Waals surface area contributed by atoms with Crippen molar-refractivity contribution in [1.29, 1.82) is 0 Å². The van der Waals surface area contributed by atoms with Crippen LogP contribution >= 0.6 is 0 Å². The molecule has 66 heavy (non-hydrogen) atoms. The average molecular weight is 927 g/mol. The summed E-state index contributed by atoms with van der Waals surface area (Å²) in [6.07, 6.45) is 8.58. The summed E-state index contributed by atoms with van der Waals surface area (Å²) in [6, 6.07) is 18.4. The number of aromatic nitrogens is 2. The number of benzene rings is 2. The third-order valence-corrected chi connectivity index (χ3v) is 18.3. The first-order valence-corrected chi connectivity index (χ1v) is 25.7. The first kappa shape index (κ1) is 49.1. The van der Waals surface area contributed by atoms with Gasteiger partial charge in [0.05, 0.1) is 12.1 Å². The Morgan fingerprint density at radius 2 is 1.15 bits per heavy atom. The zero-order valence-corrected chi connectivity index (χ0v) is 40.6. The molecule has 0 unspecified atom stereocenters. The number of ketones is 2. The van der Waals surface area contributed by atoms with Crippen molar-refractivity contribution in [2.24, 2.45) is 11.8 Å². The summed E-state index contributed by atoms with van der Waals surface area (Å²) in [5, 5.41) is 41.8. The van der Waals surface area contributed by atoms with E-state index in [0.717, 1.165) is 24.3 Å². The number of rotatable bonds is 10. The fourth-order valence-corrected chi connectivity index (χ4v) is 10.5. The lowest BCUT2D eigenvalue weighted by atomic mass is 9.64. The van der Waals surface area contributed by atoms with Crippen molar-refractivity contribution in [2.75, 3.05) is 41.4 Å². The van der Waals surface area contributed by atoms with Crippen LogP contribution in [-0.2, 0) is 22.4 Å². The Labute approximate surface area is 388 Å². The minimum atomic E-state index is -2.29. The molecule has 2 aromatic heterocycles. The number of carbonyl (C=O) groups excluding carboxylic acids is 2. The van der Waals surface area contributed by atoms with E-state index >= 15 is 0 Å². The molecule has 4 aromatic rings. The molecule has 9 rings (SSSR count).